The van der Waals surface area contributed by atoms with Crippen LogP contribution in [0.4, 0.5) is 0 Å². The van der Waals surface area contributed by atoms with E-state index in [0.29, 0.717) is 48.8 Å². The topological polar surface area (TPSA) is 114 Å². The van der Waals surface area contributed by atoms with E-state index in [1.54, 1.807) is 42.9 Å². The fourth-order valence-electron chi connectivity index (χ4n) is 4.34. The molecule has 1 amide bonds. The number of amides is 1. The van der Waals surface area contributed by atoms with Crippen LogP contribution in [0.1, 0.15) is 23.6 Å². The summed E-state index contributed by atoms with van der Waals surface area (Å²) in [6, 6.07) is 10.4. The van der Waals surface area contributed by atoms with Crippen molar-refractivity contribution in [3.63, 3.8) is 0 Å². The van der Waals surface area contributed by atoms with E-state index in [1.807, 2.05) is 10.8 Å². The van der Waals surface area contributed by atoms with Gasteiger partial charge in [0.15, 0.2) is 11.5 Å². The number of nitrogens with zero attached hydrogens (tertiary/aromatic N) is 3. The van der Waals surface area contributed by atoms with Crippen LogP contribution in [0.15, 0.2) is 66.8 Å². The molecule has 1 aromatic heterocycles. The van der Waals surface area contributed by atoms with E-state index in [2.05, 4.69) is 4.98 Å². The summed E-state index contributed by atoms with van der Waals surface area (Å²) in [5, 5.41) is 21.3. The van der Waals surface area contributed by atoms with Crippen molar-refractivity contribution < 1.29 is 29.3 Å². The smallest absolute Gasteiger partial charge is 0.295 e. The molecular weight excluding hydrogens is 438 g/mol. The van der Waals surface area contributed by atoms with Crippen LogP contribution < -0.4 is 9.47 Å². The number of ketones is 1. The Balaban J connectivity index is 1.54. The molecule has 2 aliphatic rings. The number of ether oxygens (including phenoxy) is 2. The standard InChI is InChI=1S/C25H23N3O6/c29-18-4-1-3-16(13-18)22-21(23(30)17-5-6-19-20(14-17)34-12-11-33-19)24(31)25(32)28(22)9-2-8-27-10-7-26-15-27/h1,3-7,10,13-15,22,29-30H,2,8-9,11-12H2/t22-/m0/s1. The van der Waals surface area contributed by atoms with E-state index in [4.69, 9.17) is 9.47 Å². The molecule has 0 bridgehead atoms. The molecular formula is C25H23N3O6. The second-order valence-corrected chi connectivity index (χ2v) is 8.10. The Morgan fingerprint density at radius 2 is 1.88 bits per heavy atom. The van der Waals surface area contributed by atoms with Gasteiger partial charge in [-0.05, 0) is 42.3 Å². The molecule has 174 valence electrons. The third-order valence-corrected chi connectivity index (χ3v) is 5.92. The van der Waals surface area contributed by atoms with Crippen LogP contribution in [-0.2, 0) is 16.1 Å². The normalized spacial score (nSPS) is 18.9. The highest BCUT2D eigenvalue weighted by atomic mass is 16.6. The molecule has 0 unspecified atom stereocenters. The van der Waals surface area contributed by atoms with Gasteiger partial charge in [0.2, 0.25) is 0 Å². The summed E-state index contributed by atoms with van der Waals surface area (Å²) in [5.74, 6) is -0.769. The largest absolute Gasteiger partial charge is 0.508 e. The molecule has 1 saturated heterocycles. The quantitative estimate of drug-likeness (QED) is 0.330. The number of Topliss-reactive ketones (excluding diaryl/α,β-unsaturated/α-hetero) is 1. The number of aliphatic hydroxyl groups excluding tert-OH is 1. The molecule has 0 saturated carbocycles. The first-order valence-electron chi connectivity index (χ1n) is 11.0. The van der Waals surface area contributed by atoms with E-state index in [-0.39, 0.29) is 23.6 Å². The van der Waals surface area contributed by atoms with Crippen LogP contribution in [0.25, 0.3) is 5.76 Å². The van der Waals surface area contributed by atoms with E-state index in [1.165, 1.54) is 17.0 Å². The van der Waals surface area contributed by atoms with Gasteiger partial charge in [-0.2, -0.15) is 0 Å². The second kappa shape index (κ2) is 8.93. The van der Waals surface area contributed by atoms with Crippen molar-refractivity contribution in [1.29, 1.82) is 0 Å². The van der Waals surface area contributed by atoms with Crippen LogP contribution in [0.2, 0.25) is 0 Å². The van der Waals surface area contributed by atoms with E-state index >= 15 is 0 Å². The Hall–Kier alpha value is -4.27. The second-order valence-electron chi connectivity index (χ2n) is 8.10. The molecule has 9 heteroatoms. The molecule has 2 N–H and O–H groups in total. The van der Waals surface area contributed by atoms with E-state index < -0.39 is 17.7 Å². The zero-order valence-electron chi connectivity index (χ0n) is 18.3. The molecule has 0 radical (unpaired) electrons. The van der Waals surface area contributed by atoms with Crippen molar-refractivity contribution >= 4 is 17.4 Å². The minimum Gasteiger partial charge on any atom is -0.508 e. The third kappa shape index (κ3) is 3.96. The number of benzene rings is 2. The minimum atomic E-state index is -0.844. The van der Waals surface area contributed by atoms with Gasteiger partial charge in [0.25, 0.3) is 11.7 Å². The van der Waals surface area contributed by atoms with E-state index in [9.17, 15) is 19.8 Å². The van der Waals surface area contributed by atoms with Gasteiger partial charge in [-0.3, -0.25) is 9.59 Å². The summed E-state index contributed by atoms with van der Waals surface area (Å²) in [6.45, 7) is 1.70. The fraction of sp³-hybridized carbons (Fsp3) is 0.240. The Kier molecular flexibility index (Phi) is 5.67. The zero-order chi connectivity index (χ0) is 23.7. The van der Waals surface area contributed by atoms with Crippen molar-refractivity contribution in [3.05, 3.63) is 77.9 Å². The van der Waals surface area contributed by atoms with Crippen LogP contribution in [0.3, 0.4) is 0 Å². The summed E-state index contributed by atoms with van der Waals surface area (Å²) in [6.07, 6.45) is 5.75. The molecule has 0 aliphatic carbocycles. The lowest BCUT2D eigenvalue weighted by Gasteiger charge is -2.25. The van der Waals surface area contributed by atoms with Gasteiger partial charge in [-0.1, -0.05) is 12.1 Å². The van der Waals surface area contributed by atoms with Gasteiger partial charge in [-0.25, -0.2) is 4.98 Å². The predicted molar refractivity (Wildman–Crippen MR) is 121 cm³/mol. The third-order valence-electron chi connectivity index (χ3n) is 5.92. The molecule has 9 nitrogen and oxygen atoms in total. The van der Waals surface area contributed by atoms with Crippen LogP contribution in [0, 0.1) is 0 Å². The molecule has 0 spiro atoms. The Bertz CT molecular complexity index is 1270. The Morgan fingerprint density at radius 1 is 1.06 bits per heavy atom. The number of likely N-dealkylation sites (tertiary alicyclic amines) is 1. The summed E-state index contributed by atoms with van der Waals surface area (Å²) in [7, 11) is 0. The first-order valence-corrected chi connectivity index (χ1v) is 11.0. The molecule has 2 aliphatic heterocycles. The van der Waals surface area contributed by atoms with Crippen molar-refractivity contribution in [1.82, 2.24) is 14.5 Å². The number of carbonyl (C=O) groups excluding carboxylic acids is 2. The number of phenolic OH excluding ortho intramolecular Hbond substituents is 1. The first-order chi connectivity index (χ1) is 16.5. The maximum Gasteiger partial charge on any atom is 0.295 e. The van der Waals surface area contributed by atoms with Crippen molar-refractivity contribution in [2.24, 2.45) is 0 Å². The molecule has 2 aromatic carbocycles. The van der Waals surface area contributed by atoms with Gasteiger partial charge >= 0.3 is 0 Å². The summed E-state index contributed by atoms with van der Waals surface area (Å²) in [5.41, 5.74) is 0.835. The number of phenols is 1. The number of carbonyl (C=O) groups is 2. The Labute approximate surface area is 195 Å². The number of imidazole rings is 1. The number of aromatic nitrogens is 2. The average Bonchev–Trinajstić information content (AvgIpc) is 3.45. The summed E-state index contributed by atoms with van der Waals surface area (Å²) >= 11 is 0. The van der Waals surface area contributed by atoms with Gasteiger partial charge < -0.3 is 29.2 Å². The SMILES string of the molecule is O=C1C(=O)N(CCCn2ccnc2)[C@@H](c2cccc(O)c2)C1=C(O)c1ccc2c(c1)OCCO2. The highest BCUT2D eigenvalue weighted by molar-refractivity contribution is 6.46. The lowest BCUT2D eigenvalue weighted by atomic mass is 9.95. The number of aryl methyl sites for hydroxylation is 1. The molecule has 3 aromatic rings. The Morgan fingerprint density at radius 3 is 2.65 bits per heavy atom. The van der Waals surface area contributed by atoms with Crippen LogP contribution in [-0.4, -0.2) is 56.1 Å². The first kappa shape index (κ1) is 21.6. The maximum absolute atomic E-state index is 13.1. The number of aromatic hydroxyl groups is 1. The molecule has 5 rings (SSSR count). The number of hydrogen-bond donors (Lipinski definition) is 2. The van der Waals surface area contributed by atoms with Crippen LogP contribution >= 0.6 is 0 Å². The minimum absolute atomic E-state index is 0.000771. The lowest BCUT2D eigenvalue weighted by Crippen LogP contribution is -2.31. The van der Waals surface area contributed by atoms with Crippen LogP contribution in [0.5, 0.6) is 17.2 Å². The maximum atomic E-state index is 13.1. The molecule has 1 fully saturated rings. The van der Waals surface area contributed by atoms with Gasteiger partial charge in [-0.15, -0.1) is 0 Å². The van der Waals surface area contributed by atoms with Gasteiger partial charge in [0.05, 0.1) is 17.9 Å². The lowest BCUT2D eigenvalue weighted by molar-refractivity contribution is -0.139. The summed E-state index contributed by atoms with van der Waals surface area (Å²) in [4.78, 5) is 31.6. The summed E-state index contributed by atoms with van der Waals surface area (Å²) < 4.78 is 13.0. The average molecular weight is 461 g/mol. The molecule has 3 heterocycles. The highest BCUT2D eigenvalue weighted by Gasteiger charge is 2.46. The number of fused-ring (bicyclic) bond motifs is 1. The predicted octanol–water partition coefficient (Wildman–Crippen LogP) is 2.87. The molecule has 34 heavy (non-hydrogen) atoms. The van der Waals surface area contributed by atoms with Crippen molar-refractivity contribution in [2.75, 3.05) is 19.8 Å². The van der Waals surface area contributed by atoms with E-state index in [0.717, 1.165) is 0 Å². The number of rotatable bonds is 6. The fourth-order valence-corrected chi connectivity index (χ4v) is 4.34. The molecule has 1 atom stereocenters. The van der Waals surface area contributed by atoms with Crippen molar-refractivity contribution in [2.45, 2.75) is 19.0 Å². The monoisotopic (exact) mass is 461 g/mol. The number of aliphatic hydroxyl groups is 1. The number of hydrogen-bond acceptors (Lipinski definition) is 7. The zero-order valence-corrected chi connectivity index (χ0v) is 18.3. The van der Waals surface area contributed by atoms with Crippen molar-refractivity contribution in [3.8, 4) is 17.2 Å². The van der Waals surface area contributed by atoms with Gasteiger partial charge in [0, 0.05) is 31.0 Å². The highest BCUT2D eigenvalue weighted by Crippen LogP contribution is 2.41. The van der Waals surface area contributed by atoms with Gasteiger partial charge in [0.1, 0.15) is 24.7 Å².